The van der Waals surface area contributed by atoms with Gasteiger partial charge in [0.05, 0.1) is 25.4 Å². The van der Waals surface area contributed by atoms with Gasteiger partial charge in [0.1, 0.15) is 11.5 Å². The summed E-state index contributed by atoms with van der Waals surface area (Å²) in [6, 6.07) is 24.7. The summed E-state index contributed by atoms with van der Waals surface area (Å²) >= 11 is 0. The first kappa shape index (κ1) is 17.9. The molecule has 0 amide bonds. The molecule has 0 spiro atoms. The molecule has 0 saturated carbocycles. The molecule has 140 valence electrons. The molecule has 0 fully saturated rings. The first-order chi connectivity index (χ1) is 13.7. The number of fused-ring (bicyclic) bond motifs is 1. The number of aromatic nitrogens is 1. The minimum absolute atomic E-state index is 0.835. The zero-order chi connectivity index (χ0) is 19.5. The van der Waals surface area contributed by atoms with Gasteiger partial charge in [-0.3, -0.25) is 0 Å². The first-order valence-electron chi connectivity index (χ1n) is 9.27. The summed E-state index contributed by atoms with van der Waals surface area (Å²) < 4.78 is 13.1. The van der Waals surface area contributed by atoms with E-state index < -0.39 is 0 Å². The molecule has 4 rings (SSSR count). The van der Waals surface area contributed by atoms with Gasteiger partial charge in [-0.15, -0.1) is 0 Å². The van der Waals surface area contributed by atoms with Gasteiger partial charge in [0, 0.05) is 17.1 Å². The molecular formula is C25H23NO2. The van der Waals surface area contributed by atoms with Gasteiger partial charge in [0.2, 0.25) is 0 Å². The summed E-state index contributed by atoms with van der Waals surface area (Å²) in [7, 11) is 3.38. The number of hydrogen-bond donors (Lipinski definition) is 0. The Labute approximate surface area is 165 Å². The van der Waals surface area contributed by atoms with E-state index in [1.807, 2.05) is 30.3 Å². The van der Waals surface area contributed by atoms with Crippen molar-refractivity contribution < 1.29 is 9.47 Å². The monoisotopic (exact) mass is 369 g/mol. The van der Waals surface area contributed by atoms with Crippen LogP contribution in [-0.2, 0) is 0 Å². The lowest BCUT2D eigenvalue weighted by Crippen LogP contribution is -1.98. The van der Waals surface area contributed by atoms with Gasteiger partial charge in [-0.2, -0.15) is 0 Å². The van der Waals surface area contributed by atoms with Crippen molar-refractivity contribution in [2.24, 2.45) is 0 Å². The fourth-order valence-corrected chi connectivity index (χ4v) is 3.51. The van der Waals surface area contributed by atoms with E-state index in [1.54, 1.807) is 14.2 Å². The fourth-order valence-electron chi connectivity index (χ4n) is 3.51. The van der Waals surface area contributed by atoms with Gasteiger partial charge in [0.15, 0.2) is 0 Å². The molecule has 0 atom stereocenters. The summed E-state index contributed by atoms with van der Waals surface area (Å²) in [6.07, 6.45) is 4.37. The Hall–Kier alpha value is -3.46. The Kier molecular flexibility index (Phi) is 4.90. The smallest absolute Gasteiger partial charge is 0.119 e. The van der Waals surface area contributed by atoms with Gasteiger partial charge < -0.3 is 14.0 Å². The second-order valence-electron chi connectivity index (χ2n) is 6.74. The fraction of sp³-hybridized carbons (Fsp3) is 0.120. The maximum atomic E-state index is 5.46. The van der Waals surface area contributed by atoms with E-state index in [9.17, 15) is 0 Å². The molecule has 0 aliphatic heterocycles. The quantitative estimate of drug-likeness (QED) is 0.402. The van der Waals surface area contributed by atoms with Crippen molar-refractivity contribution in [2.75, 3.05) is 14.2 Å². The second-order valence-corrected chi connectivity index (χ2v) is 6.74. The van der Waals surface area contributed by atoms with Crippen molar-refractivity contribution in [1.29, 1.82) is 0 Å². The third kappa shape index (κ3) is 3.39. The molecule has 1 heterocycles. The number of rotatable bonds is 5. The van der Waals surface area contributed by atoms with Crippen molar-refractivity contribution in [3.8, 4) is 11.5 Å². The average molecular weight is 369 g/mol. The number of aryl methyl sites for hydroxylation is 1. The van der Waals surface area contributed by atoms with Crippen LogP contribution in [0.2, 0.25) is 0 Å². The third-order valence-electron chi connectivity index (χ3n) is 4.93. The van der Waals surface area contributed by atoms with Gasteiger partial charge in [0.25, 0.3) is 0 Å². The first-order valence-corrected chi connectivity index (χ1v) is 9.27. The highest BCUT2D eigenvalue weighted by Crippen LogP contribution is 2.30. The van der Waals surface area contributed by atoms with Crippen molar-refractivity contribution in [2.45, 2.75) is 6.92 Å². The molecule has 0 unspecified atom stereocenters. The maximum Gasteiger partial charge on any atom is 0.119 e. The van der Waals surface area contributed by atoms with Crippen molar-refractivity contribution in [1.82, 2.24) is 4.57 Å². The Bertz CT molecular complexity index is 1150. The number of nitrogens with zero attached hydrogens (tertiary/aromatic N) is 1. The van der Waals surface area contributed by atoms with Crippen LogP contribution in [0.1, 0.15) is 16.7 Å². The topological polar surface area (TPSA) is 23.4 Å². The normalized spacial score (nSPS) is 11.6. The summed E-state index contributed by atoms with van der Waals surface area (Å²) in [5.41, 5.74) is 5.67. The second kappa shape index (κ2) is 7.65. The van der Waals surface area contributed by atoms with Crippen LogP contribution in [0, 0.1) is 6.92 Å². The maximum absolute atomic E-state index is 5.46. The van der Waals surface area contributed by atoms with Crippen LogP contribution in [0.15, 0.2) is 79.0 Å². The van der Waals surface area contributed by atoms with E-state index in [-0.39, 0.29) is 0 Å². The summed E-state index contributed by atoms with van der Waals surface area (Å²) in [4.78, 5) is 0. The molecule has 0 N–H and O–H groups in total. The lowest BCUT2D eigenvalue weighted by molar-refractivity contribution is 0.414. The molecule has 0 aliphatic rings. The average Bonchev–Trinajstić information content (AvgIpc) is 3.09. The van der Waals surface area contributed by atoms with Crippen LogP contribution < -0.4 is 9.47 Å². The van der Waals surface area contributed by atoms with Gasteiger partial charge in [-0.25, -0.2) is 0 Å². The van der Waals surface area contributed by atoms with Crippen LogP contribution in [-0.4, -0.2) is 18.8 Å². The van der Waals surface area contributed by atoms with E-state index in [4.69, 9.17) is 9.47 Å². The Morgan fingerprint density at radius 2 is 1.54 bits per heavy atom. The molecule has 0 aliphatic carbocycles. The van der Waals surface area contributed by atoms with E-state index in [0.29, 0.717) is 0 Å². The van der Waals surface area contributed by atoms with Crippen molar-refractivity contribution in [3.63, 3.8) is 0 Å². The van der Waals surface area contributed by atoms with E-state index in [0.717, 1.165) is 28.3 Å². The zero-order valence-corrected chi connectivity index (χ0v) is 16.3. The largest absolute Gasteiger partial charge is 0.497 e. The van der Waals surface area contributed by atoms with Crippen LogP contribution in [0.5, 0.6) is 11.5 Å². The molecule has 3 aromatic carbocycles. The number of benzene rings is 3. The van der Waals surface area contributed by atoms with Crippen LogP contribution >= 0.6 is 0 Å². The molecule has 3 heteroatoms. The number of methoxy groups -OCH3 is 2. The standard InChI is InChI=1S/C25H23NO2/c1-18-17-26(24-13-5-4-12-23(18)24)25(20-9-7-11-22(16-20)28-3)15-19-8-6-10-21(14-19)27-2/h4-17H,1-3H3/b25-15-. The summed E-state index contributed by atoms with van der Waals surface area (Å²) in [5.74, 6) is 1.68. The van der Waals surface area contributed by atoms with Gasteiger partial charge in [-0.05, 0) is 54.5 Å². The molecule has 3 nitrogen and oxygen atoms in total. The lowest BCUT2D eigenvalue weighted by atomic mass is 10.1. The highest BCUT2D eigenvalue weighted by atomic mass is 16.5. The van der Waals surface area contributed by atoms with E-state index in [1.165, 1.54) is 16.5 Å². The third-order valence-corrected chi connectivity index (χ3v) is 4.93. The molecular weight excluding hydrogens is 346 g/mol. The number of hydrogen-bond acceptors (Lipinski definition) is 2. The molecule has 4 aromatic rings. The minimum Gasteiger partial charge on any atom is -0.497 e. The van der Waals surface area contributed by atoms with Gasteiger partial charge >= 0.3 is 0 Å². The SMILES string of the molecule is COc1cccc(/C=C(/c2cccc(OC)c2)n2cc(C)c3ccccc32)c1. The minimum atomic E-state index is 0.835. The number of para-hydroxylation sites is 1. The van der Waals surface area contributed by atoms with Crippen LogP contribution in [0.3, 0.4) is 0 Å². The van der Waals surface area contributed by atoms with Gasteiger partial charge in [-0.1, -0.05) is 42.5 Å². The summed E-state index contributed by atoms with van der Waals surface area (Å²) in [5, 5.41) is 1.25. The lowest BCUT2D eigenvalue weighted by Gasteiger charge is -2.13. The highest BCUT2D eigenvalue weighted by Gasteiger charge is 2.12. The zero-order valence-electron chi connectivity index (χ0n) is 16.3. The van der Waals surface area contributed by atoms with E-state index >= 15 is 0 Å². The van der Waals surface area contributed by atoms with Crippen LogP contribution in [0.4, 0.5) is 0 Å². The van der Waals surface area contributed by atoms with E-state index in [2.05, 4.69) is 66.2 Å². The van der Waals surface area contributed by atoms with Crippen molar-refractivity contribution in [3.05, 3.63) is 95.7 Å². The predicted molar refractivity (Wildman–Crippen MR) is 116 cm³/mol. The molecule has 1 aromatic heterocycles. The highest BCUT2D eigenvalue weighted by molar-refractivity contribution is 5.92. The molecule has 0 radical (unpaired) electrons. The molecule has 0 bridgehead atoms. The Balaban J connectivity index is 1.96. The predicted octanol–water partition coefficient (Wildman–Crippen LogP) is 6.01. The molecule has 0 saturated heterocycles. The number of ether oxygens (including phenoxy) is 2. The summed E-state index contributed by atoms with van der Waals surface area (Å²) in [6.45, 7) is 2.15. The van der Waals surface area contributed by atoms with Crippen molar-refractivity contribution >= 4 is 22.7 Å². The Morgan fingerprint density at radius 1 is 0.821 bits per heavy atom. The molecule has 28 heavy (non-hydrogen) atoms. The van der Waals surface area contributed by atoms with Crippen LogP contribution in [0.25, 0.3) is 22.7 Å². The Morgan fingerprint density at radius 3 is 2.32 bits per heavy atom.